The van der Waals surface area contributed by atoms with E-state index in [0.717, 1.165) is 11.1 Å². The average molecular weight is 459 g/mol. The van der Waals surface area contributed by atoms with E-state index >= 15 is 0 Å². The first-order chi connectivity index (χ1) is 16.4. The SMILES string of the molecule is COc1ccc(-c2oc3ccccc3c(=O)c2OCC(=O)Nc2ccc(C)c(C)c2)cc1OC. The number of aryl methyl sites for hydroxylation is 2. The number of amides is 1. The van der Waals surface area contributed by atoms with Crippen LogP contribution >= 0.6 is 0 Å². The Kier molecular flexibility index (Phi) is 6.54. The van der Waals surface area contributed by atoms with Gasteiger partial charge in [-0.15, -0.1) is 0 Å². The highest BCUT2D eigenvalue weighted by Gasteiger charge is 2.20. The van der Waals surface area contributed by atoms with Crippen molar-refractivity contribution in [1.82, 2.24) is 0 Å². The van der Waals surface area contributed by atoms with Gasteiger partial charge in [-0.1, -0.05) is 18.2 Å². The summed E-state index contributed by atoms with van der Waals surface area (Å²) in [5, 5.41) is 3.15. The minimum Gasteiger partial charge on any atom is -0.493 e. The fourth-order valence-electron chi connectivity index (χ4n) is 3.58. The van der Waals surface area contributed by atoms with Gasteiger partial charge < -0.3 is 23.9 Å². The summed E-state index contributed by atoms with van der Waals surface area (Å²) < 4.78 is 22.5. The Morgan fingerprint density at radius 1 is 0.912 bits per heavy atom. The topological polar surface area (TPSA) is 87.0 Å². The summed E-state index contributed by atoms with van der Waals surface area (Å²) in [5.41, 5.74) is 3.43. The van der Waals surface area contributed by atoms with Crippen LogP contribution in [0.15, 0.2) is 69.9 Å². The van der Waals surface area contributed by atoms with E-state index in [1.165, 1.54) is 14.2 Å². The van der Waals surface area contributed by atoms with E-state index in [4.69, 9.17) is 18.6 Å². The van der Waals surface area contributed by atoms with Crippen LogP contribution in [0.3, 0.4) is 0 Å². The third-order valence-electron chi connectivity index (χ3n) is 5.54. The number of hydrogen-bond donors (Lipinski definition) is 1. The zero-order chi connectivity index (χ0) is 24.2. The van der Waals surface area contributed by atoms with Gasteiger partial charge in [-0.25, -0.2) is 0 Å². The Balaban J connectivity index is 1.69. The standard InChI is InChI=1S/C27H25NO6/c1-16-9-11-19(13-17(16)2)28-24(29)15-33-27-25(30)20-7-5-6-8-21(20)34-26(27)18-10-12-22(31-3)23(14-18)32-4/h5-14H,15H2,1-4H3,(H,28,29). The number of hydrogen-bond acceptors (Lipinski definition) is 6. The Hall–Kier alpha value is -4.26. The smallest absolute Gasteiger partial charge is 0.262 e. The molecule has 0 aliphatic rings. The van der Waals surface area contributed by atoms with Gasteiger partial charge in [-0.05, 0) is 67.4 Å². The van der Waals surface area contributed by atoms with E-state index in [2.05, 4.69) is 5.32 Å². The van der Waals surface area contributed by atoms with Crippen molar-refractivity contribution >= 4 is 22.6 Å². The molecule has 0 radical (unpaired) electrons. The molecule has 0 saturated heterocycles. The van der Waals surface area contributed by atoms with Gasteiger partial charge in [-0.3, -0.25) is 9.59 Å². The normalized spacial score (nSPS) is 10.7. The number of anilines is 1. The Morgan fingerprint density at radius 3 is 2.41 bits per heavy atom. The lowest BCUT2D eigenvalue weighted by molar-refractivity contribution is -0.118. The van der Waals surface area contributed by atoms with E-state index < -0.39 is 5.91 Å². The van der Waals surface area contributed by atoms with E-state index in [0.29, 0.717) is 33.7 Å². The van der Waals surface area contributed by atoms with Crippen LogP contribution in [0, 0.1) is 13.8 Å². The van der Waals surface area contributed by atoms with Gasteiger partial charge in [0.1, 0.15) is 5.58 Å². The van der Waals surface area contributed by atoms with Crippen LogP contribution in [0.5, 0.6) is 17.2 Å². The molecule has 1 amide bonds. The summed E-state index contributed by atoms with van der Waals surface area (Å²) in [6.07, 6.45) is 0. The zero-order valence-electron chi connectivity index (χ0n) is 19.4. The molecule has 0 saturated carbocycles. The van der Waals surface area contributed by atoms with Gasteiger partial charge in [0.15, 0.2) is 23.9 Å². The van der Waals surface area contributed by atoms with E-state index in [1.807, 2.05) is 32.0 Å². The van der Waals surface area contributed by atoms with Gasteiger partial charge in [0, 0.05) is 11.3 Å². The molecular formula is C27H25NO6. The fourth-order valence-corrected chi connectivity index (χ4v) is 3.58. The number of methoxy groups -OCH3 is 2. The molecule has 0 bridgehead atoms. The summed E-state index contributed by atoms with van der Waals surface area (Å²) >= 11 is 0. The number of carbonyl (C=O) groups is 1. The molecule has 174 valence electrons. The maximum atomic E-state index is 13.3. The van der Waals surface area contributed by atoms with Gasteiger partial charge >= 0.3 is 0 Å². The average Bonchev–Trinajstić information content (AvgIpc) is 2.85. The highest BCUT2D eigenvalue weighted by atomic mass is 16.5. The van der Waals surface area contributed by atoms with Crippen LogP contribution in [0.4, 0.5) is 5.69 Å². The molecular weight excluding hydrogens is 434 g/mol. The molecule has 0 aliphatic carbocycles. The predicted molar refractivity (Wildman–Crippen MR) is 131 cm³/mol. The molecule has 1 heterocycles. The van der Waals surface area contributed by atoms with Crippen LogP contribution in [-0.2, 0) is 4.79 Å². The van der Waals surface area contributed by atoms with Crippen molar-refractivity contribution in [2.45, 2.75) is 13.8 Å². The molecule has 4 aromatic rings. The molecule has 4 rings (SSSR count). The first-order valence-electron chi connectivity index (χ1n) is 10.7. The van der Waals surface area contributed by atoms with Crippen molar-refractivity contribution < 1.29 is 23.4 Å². The molecule has 7 heteroatoms. The maximum Gasteiger partial charge on any atom is 0.262 e. The second kappa shape index (κ2) is 9.70. The second-order valence-corrected chi connectivity index (χ2v) is 7.79. The van der Waals surface area contributed by atoms with Gasteiger partial charge in [0.25, 0.3) is 5.91 Å². The first kappa shape index (κ1) is 22.9. The molecule has 0 fully saturated rings. The van der Waals surface area contributed by atoms with E-state index in [1.54, 1.807) is 42.5 Å². The Labute approximate surface area is 196 Å². The van der Waals surface area contributed by atoms with Crippen LogP contribution < -0.4 is 25.0 Å². The minimum absolute atomic E-state index is 0.0545. The molecule has 3 aromatic carbocycles. The van der Waals surface area contributed by atoms with Crippen molar-refractivity contribution in [1.29, 1.82) is 0 Å². The molecule has 34 heavy (non-hydrogen) atoms. The third kappa shape index (κ3) is 4.59. The second-order valence-electron chi connectivity index (χ2n) is 7.79. The van der Waals surface area contributed by atoms with Crippen LogP contribution in [0.2, 0.25) is 0 Å². The van der Waals surface area contributed by atoms with Crippen molar-refractivity contribution in [3.8, 4) is 28.6 Å². The monoisotopic (exact) mass is 459 g/mol. The minimum atomic E-state index is -0.394. The maximum absolute atomic E-state index is 13.3. The Bertz CT molecular complexity index is 1420. The number of fused-ring (bicyclic) bond motifs is 1. The third-order valence-corrected chi connectivity index (χ3v) is 5.54. The molecule has 7 nitrogen and oxygen atoms in total. The predicted octanol–water partition coefficient (Wildman–Crippen LogP) is 5.11. The number of para-hydroxylation sites is 1. The number of rotatable bonds is 7. The van der Waals surface area contributed by atoms with Gasteiger partial charge in [-0.2, -0.15) is 0 Å². The largest absolute Gasteiger partial charge is 0.493 e. The molecule has 0 atom stereocenters. The summed E-state index contributed by atoms with van der Waals surface area (Å²) in [7, 11) is 3.06. The number of nitrogens with one attached hydrogen (secondary N) is 1. The van der Waals surface area contributed by atoms with Crippen molar-refractivity contribution in [3.05, 3.63) is 82.0 Å². The Morgan fingerprint density at radius 2 is 1.68 bits per heavy atom. The highest BCUT2D eigenvalue weighted by molar-refractivity contribution is 5.92. The summed E-state index contributed by atoms with van der Waals surface area (Å²) in [4.78, 5) is 25.9. The van der Waals surface area contributed by atoms with E-state index in [-0.39, 0.29) is 23.5 Å². The lowest BCUT2D eigenvalue weighted by Gasteiger charge is -2.14. The summed E-state index contributed by atoms with van der Waals surface area (Å²) in [6, 6.07) is 17.6. The van der Waals surface area contributed by atoms with Crippen molar-refractivity contribution in [2.24, 2.45) is 0 Å². The van der Waals surface area contributed by atoms with Crippen molar-refractivity contribution in [2.75, 3.05) is 26.1 Å². The quantitative estimate of drug-likeness (QED) is 0.413. The number of ether oxygens (including phenoxy) is 3. The zero-order valence-corrected chi connectivity index (χ0v) is 19.4. The first-order valence-corrected chi connectivity index (χ1v) is 10.7. The molecule has 1 aromatic heterocycles. The lowest BCUT2D eigenvalue weighted by Crippen LogP contribution is -2.22. The molecule has 0 spiro atoms. The van der Waals surface area contributed by atoms with Crippen molar-refractivity contribution in [3.63, 3.8) is 0 Å². The molecule has 0 aliphatic heterocycles. The molecule has 0 unspecified atom stereocenters. The number of carbonyl (C=O) groups excluding carboxylic acids is 1. The van der Waals surface area contributed by atoms with E-state index in [9.17, 15) is 9.59 Å². The molecule has 1 N–H and O–H groups in total. The fraction of sp³-hybridized carbons (Fsp3) is 0.185. The van der Waals surface area contributed by atoms with Crippen LogP contribution in [0.1, 0.15) is 11.1 Å². The highest BCUT2D eigenvalue weighted by Crippen LogP contribution is 2.36. The van der Waals surface area contributed by atoms with Gasteiger partial charge in [0.05, 0.1) is 19.6 Å². The summed E-state index contributed by atoms with van der Waals surface area (Å²) in [5.74, 6) is 0.748. The van der Waals surface area contributed by atoms with Gasteiger partial charge in [0.2, 0.25) is 11.2 Å². The lowest BCUT2D eigenvalue weighted by atomic mass is 10.1. The number of benzene rings is 3. The van der Waals surface area contributed by atoms with Crippen LogP contribution in [0.25, 0.3) is 22.3 Å². The van der Waals surface area contributed by atoms with Crippen LogP contribution in [-0.4, -0.2) is 26.7 Å². The summed E-state index contributed by atoms with van der Waals surface area (Å²) in [6.45, 7) is 3.60.